The quantitative estimate of drug-likeness (QED) is 0.692. The maximum Gasteiger partial charge on any atom is 0.323 e. The lowest BCUT2D eigenvalue weighted by Gasteiger charge is -2.05. The topological polar surface area (TPSA) is 77.8 Å². The highest BCUT2D eigenvalue weighted by Gasteiger charge is 2.05. The maximum absolute atomic E-state index is 13.1. The average Bonchev–Trinajstić information content (AvgIpc) is 2.84. The molecule has 0 spiro atoms. The lowest BCUT2D eigenvalue weighted by molar-refractivity contribution is -0.116. The van der Waals surface area contributed by atoms with Gasteiger partial charge in [-0.3, -0.25) is 4.79 Å². The van der Waals surface area contributed by atoms with Crippen LogP contribution in [-0.4, -0.2) is 15.9 Å². The number of nitrogens with one attached hydrogen (secondary N) is 3. The van der Waals surface area contributed by atoms with E-state index in [0.29, 0.717) is 23.1 Å². The van der Waals surface area contributed by atoms with Gasteiger partial charge >= 0.3 is 5.69 Å². The van der Waals surface area contributed by atoms with Crippen LogP contribution in [0.15, 0.2) is 47.3 Å². The summed E-state index contributed by atoms with van der Waals surface area (Å²) >= 11 is 0. The van der Waals surface area contributed by atoms with Crippen LogP contribution in [0.4, 0.5) is 10.1 Å². The fourth-order valence-electron chi connectivity index (χ4n) is 2.28. The number of fused-ring (bicyclic) bond motifs is 1. The second-order valence-electron chi connectivity index (χ2n) is 5.02. The summed E-state index contributed by atoms with van der Waals surface area (Å²) in [4.78, 5) is 28.4. The van der Waals surface area contributed by atoms with E-state index in [4.69, 9.17) is 0 Å². The number of amides is 1. The number of carbonyl (C=O) groups is 1. The molecule has 0 atom stereocenters. The summed E-state index contributed by atoms with van der Waals surface area (Å²) in [5.41, 5.74) is 2.41. The van der Waals surface area contributed by atoms with Crippen molar-refractivity contribution in [2.24, 2.45) is 0 Å². The van der Waals surface area contributed by atoms with Crippen LogP contribution in [0, 0.1) is 5.82 Å². The summed E-state index contributed by atoms with van der Waals surface area (Å²) < 4.78 is 13.1. The molecule has 22 heavy (non-hydrogen) atoms. The SMILES string of the molecule is O=C(CCc1cccc(F)c1)Nc1ccc2[nH]c(=O)[nH]c2c1. The largest absolute Gasteiger partial charge is 0.326 e. The van der Waals surface area contributed by atoms with E-state index in [2.05, 4.69) is 15.3 Å². The summed E-state index contributed by atoms with van der Waals surface area (Å²) in [6.45, 7) is 0. The summed E-state index contributed by atoms with van der Waals surface area (Å²) in [5, 5.41) is 2.76. The minimum atomic E-state index is -0.306. The van der Waals surface area contributed by atoms with Crippen LogP contribution >= 0.6 is 0 Å². The van der Waals surface area contributed by atoms with E-state index in [1.54, 1.807) is 30.3 Å². The Morgan fingerprint density at radius 1 is 1.09 bits per heavy atom. The molecule has 0 radical (unpaired) electrons. The van der Waals surface area contributed by atoms with Gasteiger partial charge in [-0.25, -0.2) is 9.18 Å². The number of carbonyl (C=O) groups excluding carboxylic acids is 1. The van der Waals surface area contributed by atoms with Gasteiger partial charge in [-0.1, -0.05) is 12.1 Å². The Balaban J connectivity index is 1.64. The molecule has 0 bridgehead atoms. The van der Waals surface area contributed by atoms with Gasteiger partial charge in [0, 0.05) is 12.1 Å². The first-order valence-corrected chi connectivity index (χ1v) is 6.86. The van der Waals surface area contributed by atoms with Crippen LogP contribution in [0.2, 0.25) is 0 Å². The van der Waals surface area contributed by atoms with Crippen molar-refractivity contribution in [1.29, 1.82) is 0 Å². The van der Waals surface area contributed by atoms with E-state index in [1.807, 2.05) is 0 Å². The molecular weight excluding hydrogens is 285 g/mol. The number of hydrogen-bond donors (Lipinski definition) is 3. The molecule has 0 saturated carbocycles. The van der Waals surface area contributed by atoms with Gasteiger partial charge in [0.1, 0.15) is 5.82 Å². The highest BCUT2D eigenvalue weighted by atomic mass is 19.1. The van der Waals surface area contributed by atoms with Crippen molar-refractivity contribution >= 4 is 22.6 Å². The number of rotatable bonds is 4. The second kappa shape index (κ2) is 5.85. The Morgan fingerprint density at radius 2 is 1.91 bits per heavy atom. The van der Waals surface area contributed by atoms with Gasteiger partial charge < -0.3 is 15.3 Å². The molecule has 0 aliphatic rings. The molecule has 0 aliphatic carbocycles. The van der Waals surface area contributed by atoms with Crippen LogP contribution in [0.1, 0.15) is 12.0 Å². The molecule has 112 valence electrons. The van der Waals surface area contributed by atoms with Crippen LogP contribution < -0.4 is 11.0 Å². The molecule has 6 heteroatoms. The predicted octanol–water partition coefficient (Wildman–Crippen LogP) is 2.57. The number of hydrogen-bond acceptors (Lipinski definition) is 2. The Morgan fingerprint density at radius 3 is 2.73 bits per heavy atom. The Hall–Kier alpha value is -2.89. The van der Waals surface area contributed by atoms with Crippen LogP contribution in [0.25, 0.3) is 11.0 Å². The van der Waals surface area contributed by atoms with Crippen LogP contribution in [0.5, 0.6) is 0 Å². The smallest absolute Gasteiger partial charge is 0.323 e. The minimum absolute atomic E-state index is 0.165. The fourth-order valence-corrected chi connectivity index (χ4v) is 2.28. The number of aromatic nitrogens is 2. The molecule has 1 amide bonds. The zero-order valence-corrected chi connectivity index (χ0v) is 11.7. The lowest BCUT2D eigenvalue weighted by atomic mass is 10.1. The summed E-state index contributed by atoms with van der Waals surface area (Å²) in [6, 6.07) is 11.3. The standard InChI is InChI=1S/C16H14FN3O2/c17-11-3-1-2-10(8-11)4-7-15(21)18-12-5-6-13-14(9-12)20-16(22)19-13/h1-3,5-6,8-9H,4,7H2,(H,18,21)(H2,19,20,22). The van der Waals surface area contributed by atoms with E-state index in [0.717, 1.165) is 5.56 Å². The number of H-pyrrole nitrogens is 2. The summed E-state index contributed by atoms with van der Waals surface area (Å²) in [6.07, 6.45) is 0.720. The Bertz CT molecular complexity index is 882. The fraction of sp³-hybridized carbons (Fsp3) is 0.125. The van der Waals surface area contributed by atoms with Gasteiger partial charge in [0.25, 0.3) is 0 Å². The van der Waals surface area contributed by atoms with Crippen LogP contribution in [-0.2, 0) is 11.2 Å². The molecule has 0 fully saturated rings. The molecule has 1 aromatic heterocycles. The van der Waals surface area contributed by atoms with Gasteiger partial charge in [-0.2, -0.15) is 0 Å². The zero-order chi connectivity index (χ0) is 15.5. The molecular formula is C16H14FN3O2. The van der Waals surface area contributed by atoms with E-state index in [-0.39, 0.29) is 23.8 Å². The number of imidazole rings is 1. The van der Waals surface area contributed by atoms with Crippen molar-refractivity contribution in [3.8, 4) is 0 Å². The van der Waals surface area contributed by atoms with Crippen molar-refractivity contribution < 1.29 is 9.18 Å². The van der Waals surface area contributed by atoms with Gasteiger partial charge in [0.15, 0.2) is 0 Å². The first-order chi connectivity index (χ1) is 10.6. The number of benzene rings is 2. The van der Waals surface area contributed by atoms with Gasteiger partial charge in [-0.05, 0) is 42.3 Å². The Labute approximate surface area is 125 Å². The number of anilines is 1. The van der Waals surface area contributed by atoms with Gasteiger partial charge in [0.05, 0.1) is 11.0 Å². The highest BCUT2D eigenvalue weighted by molar-refractivity contribution is 5.93. The average molecular weight is 299 g/mol. The molecule has 3 N–H and O–H groups in total. The van der Waals surface area contributed by atoms with Crippen LogP contribution in [0.3, 0.4) is 0 Å². The lowest BCUT2D eigenvalue weighted by Crippen LogP contribution is -2.12. The number of halogens is 1. The third-order valence-corrected chi connectivity index (χ3v) is 3.33. The van der Waals surface area contributed by atoms with E-state index in [9.17, 15) is 14.0 Å². The third-order valence-electron chi connectivity index (χ3n) is 3.33. The molecule has 2 aromatic carbocycles. The highest BCUT2D eigenvalue weighted by Crippen LogP contribution is 2.15. The Kier molecular flexibility index (Phi) is 3.74. The molecule has 3 rings (SSSR count). The second-order valence-corrected chi connectivity index (χ2v) is 5.02. The van der Waals surface area contributed by atoms with Crippen molar-refractivity contribution in [3.63, 3.8) is 0 Å². The molecule has 0 unspecified atom stereocenters. The predicted molar refractivity (Wildman–Crippen MR) is 82.3 cm³/mol. The van der Waals surface area contributed by atoms with Crippen molar-refractivity contribution in [2.75, 3.05) is 5.32 Å². The van der Waals surface area contributed by atoms with Crippen molar-refractivity contribution in [2.45, 2.75) is 12.8 Å². The van der Waals surface area contributed by atoms with E-state index >= 15 is 0 Å². The molecule has 0 saturated heterocycles. The zero-order valence-electron chi connectivity index (χ0n) is 11.7. The normalized spacial score (nSPS) is 10.8. The summed E-state index contributed by atoms with van der Waals surface area (Å²) in [7, 11) is 0. The molecule has 3 aromatic rings. The van der Waals surface area contributed by atoms with Crippen molar-refractivity contribution in [1.82, 2.24) is 9.97 Å². The molecule has 1 heterocycles. The molecule has 0 aliphatic heterocycles. The first kappa shape index (κ1) is 14.1. The molecule has 5 nitrogen and oxygen atoms in total. The number of aromatic amines is 2. The summed E-state index contributed by atoms with van der Waals surface area (Å²) in [5.74, 6) is -0.471. The van der Waals surface area contributed by atoms with Crippen molar-refractivity contribution in [3.05, 3.63) is 64.3 Å². The first-order valence-electron chi connectivity index (χ1n) is 6.86. The minimum Gasteiger partial charge on any atom is -0.326 e. The van der Waals surface area contributed by atoms with E-state index in [1.165, 1.54) is 12.1 Å². The van der Waals surface area contributed by atoms with Gasteiger partial charge in [0.2, 0.25) is 5.91 Å². The third kappa shape index (κ3) is 3.22. The number of aryl methyl sites for hydroxylation is 1. The maximum atomic E-state index is 13.1. The van der Waals surface area contributed by atoms with Gasteiger partial charge in [-0.15, -0.1) is 0 Å². The monoisotopic (exact) mass is 299 g/mol. The van der Waals surface area contributed by atoms with E-state index < -0.39 is 0 Å².